The Balaban J connectivity index is 1.96. The van der Waals surface area contributed by atoms with Crippen LogP contribution in [0.3, 0.4) is 0 Å². The normalized spacial score (nSPS) is 22.9. The Bertz CT molecular complexity index is 732. The van der Waals surface area contributed by atoms with E-state index in [0.29, 0.717) is 16.9 Å². The Morgan fingerprint density at radius 2 is 1.58 bits per heavy atom. The quantitative estimate of drug-likeness (QED) is 0.674. The van der Waals surface area contributed by atoms with Crippen molar-refractivity contribution in [3.63, 3.8) is 0 Å². The molecule has 1 atom stereocenters. The maximum Gasteiger partial charge on any atom is 0.342 e. The molecule has 1 unspecified atom stereocenters. The zero-order valence-corrected chi connectivity index (χ0v) is 10.1. The van der Waals surface area contributed by atoms with Gasteiger partial charge in [-0.3, -0.25) is 0 Å². The standard InChI is InChI=1S/C16H10O3/c1-10-11-6-3-5-9-14(11)18-16(10)13-8-4-2-7-12(13)15(17)19-16/h2-9H,1H2. The molecule has 0 saturated carbocycles. The molecule has 0 amide bonds. The van der Waals surface area contributed by atoms with Crippen molar-refractivity contribution in [2.24, 2.45) is 0 Å². The Kier molecular flexibility index (Phi) is 1.78. The van der Waals surface area contributed by atoms with Gasteiger partial charge in [-0.2, -0.15) is 0 Å². The van der Waals surface area contributed by atoms with Gasteiger partial charge in [0.2, 0.25) is 0 Å². The van der Waals surface area contributed by atoms with Gasteiger partial charge in [-0.25, -0.2) is 4.79 Å². The third-order valence-corrected chi connectivity index (χ3v) is 3.60. The average Bonchev–Trinajstić information content (AvgIpc) is 2.88. The summed E-state index contributed by atoms with van der Waals surface area (Å²) in [5.41, 5.74) is 2.81. The molecule has 0 bridgehead atoms. The van der Waals surface area contributed by atoms with E-state index in [2.05, 4.69) is 6.58 Å². The van der Waals surface area contributed by atoms with Crippen LogP contribution in [0.1, 0.15) is 21.5 Å². The van der Waals surface area contributed by atoms with Crippen molar-refractivity contribution in [1.82, 2.24) is 0 Å². The molecule has 2 aliphatic rings. The number of esters is 1. The largest absolute Gasteiger partial charge is 0.443 e. The molecular weight excluding hydrogens is 240 g/mol. The van der Waals surface area contributed by atoms with Crippen molar-refractivity contribution in [2.75, 3.05) is 0 Å². The highest BCUT2D eigenvalue weighted by Crippen LogP contribution is 2.53. The van der Waals surface area contributed by atoms with E-state index in [0.717, 1.165) is 11.1 Å². The molecular formula is C16H10O3. The molecule has 2 aromatic carbocycles. The molecule has 0 aliphatic carbocycles. The minimum absolute atomic E-state index is 0.371. The van der Waals surface area contributed by atoms with E-state index in [1.807, 2.05) is 42.5 Å². The number of fused-ring (bicyclic) bond motifs is 3. The van der Waals surface area contributed by atoms with Crippen LogP contribution in [0.2, 0.25) is 0 Å². The summed E-state index contributed by atoms with van der Waals surface area (Å²) in [7, 11) is 0. The molecule has 2 aromatic rings. The van der Waals surface area contributed by atoms with Crippen LogP contribution in [0.5, 0.6) is 5.75 Å². The highest BCUT2D eigenvalue weighted by Gasteiger charge is 2.54. The van der Waals surface area contributed by atoms with Gasteiger partial charge in [0.25, 0.3) is 0 Å². The third-order valence-electron chi connectivity index (χ3n) is 3.60. The van der Waals surface area contributed by atoms with E-state index < -0.39 is 5.79 Å². The molecule has 92 valence electrons. The Hall–Kier alpha value is -2.55. The maximum atomic E-state index is 12.0. The monoisotopic (exact) mass is 250 g/mol. The lowest BCUT2D eigenvalue weighted by molar-refractivity contribution is -0.0854. The zero-order chi connectivity index (χ0) is 13.0. The van der Waals surface area contributed by atoms with Crippen LogP contribution in [0.25, 0.3) is 5.57 Å². The van der Waals surface area contributed by atoms with Gasteiger partial charge in [0.15, 0.2) is 0 Å². The Morgan fingerprint density at radius 1 is 0.895 bits per heavy atom. The number of hydrogen-bond acceptors (Lipinski definition) is 3. The lowest BCUT2D eigenvalue weighted by Gasteiger charge is -2.23. The lowest BCUT2D eigenvalue weighted by Crippen LogP contribution is -2.30. The number of carbonyl (C=O) groups excluding carboxylic acids is 1. The number of benzene rings is 2. The van der Waals surface area contributed by atoms with E-state index in [1.165, 1.54) is 0 Å². The first kappa shape index (κ1) is 10.4. The summed E-state index contributed by atoms with van der Waals surface area (Å²) in [6, 6.07) is 14.8. The van der Waals surface area contributed by atoms with Crippen LogP contribution in [0.4, 0.5) is 0 Å². The summed E-state index contributed by atoms with van der Waals surface area (Å²) < 4.78 is 11.4. The molecule has 1 spiro atoms. The minimum Gasteiger partial charge on any atom is -0.443 e. The van der Waals surface area contributed by atoms with E-state index in [9.17, 15) is 4.79 Å². The molecule has 2 aliphatic heterocycles. The molecule has 0 fully saturated rings. The lowest BCUT2D eigenvalue weighted by atomic mass is 9.94. The summed E-state index contributed by atoms with van der Waals surface area (Å²) in [5.74, 6) is -0.862. The second-order valence-electron chi connectivity index (χ2n) is 4.63. The summed E-state index contributed by atoms with van der Waals surface area (Å²) in [5, 5.41) is 0. The van der Waals surface area contributed by atoms with E-state index in [4.69, 9.17) is 9.47 Å². The molecule has 0 radical (unpaired) electrons. The minimum atomic E-state index is -1.18. The van der Waals surface area contributed by atoms with Crippen molar-refractivity contribution in [2.45, 2.75) is 5.79 Å². The average molecular weight is 250 g/mol. The fourth-order valence-electron chi connectivity index (χ4n) is 2.69. The second kappa shape index (κ2) is 3.26. The van der Waals surface area contributed by atoms with E-state index >= 15 is 0 Å². The molecule has 3 heteroatoms. The van der Waals surface area contributed by atoms with Crippen molar-refractivity contribution in [1.29, 1.82) is 0 Å². The Morgan fingerprint density at radius 3 is 2.37 bits per heavy atom. The number of hydrogen-bond donors (Lipinski definition) is 0. The Labute approximate surface area is 110 Å². The number of ether oxygens (including phenoxy) is 2. The van der Waals surface area contributed by atoms with Gasteiger partial charge in [0, 0.05) is 11.1 Å². The van der Waals surface area contributed by atoms with E-state index in [1.54, 1.807) is 6.07 Å². The number of rotatable bonds is 0. The second-order valence-corrected chi connectivity index (χ2v) is 4.63. The van der Waals surface area contributed by atoms with Gasteiger partial charge >= 0.3 is 11.8 Å². The van der Waals surface area contributed by atoms with Crippen LogP contribution < -0.4 is 4.74 Å². The molecule has 0 N–H and O–H groups in total. The van der Waals surface area contributed by atoms with Gasteiger partial charge < -0.3 is 9.47 Å². The van der Waals surface area contributed by atoms with Crippen LogP contribution in [-0.2, 0) is 10.5 Å². The van der Waals surface area contributed by atoms with Crippen molar-refractivity contribution in [3.8, 4) is 5.75 Å². The van der Waals surface area contributed by atoms with Crippen LogP contribution in [0.15, 0.2) is 55.1 Å². The molecule has 4 rings (SSSR count). The first-order chi connectivity index (χ1) is 9.22. The molecule has 0 aromatic heterocycles. The van der Waals surface area contributed by atoms with Gasteiger partial charge in [0.05, 0.1) is 11.1 Å². The summed E-state index contributed by atoms with van der Waals surface area (Å²) >= 11 is 0. The predicted molar refractivity (Wildman–Crippen MR) is 69.6 cm³/mol. The van der Waals surface area contributed by atoms with Crippen LogP contribution in [0, 0.1) is 0 Å². The smallest absolute Gasteiger partial charge is 0.342 e. The van der Waals surface area contributed by atoms with Crippen molar-refractivity contribution >= 4 is 11.5 Å². The van der Waals surface area contributed by atoms with Gasteiger partial charge in [-0.1, -0.05) is 36.9 Å². The van der Waals surface area contributed by atoms with Crippen LogP contribution >= 0.6 is 0 Å². The molecule has 2 heterocycles. The first-order valence-corrected chi connectivity index (χ1v) is 6.03. The van der Waals surface area contributed by atoms with Crippen molar-refractivity contribution in [3.05, 3.63) is 71.8 Å². The van der Waals surface area contributed by atoms with Crippen molar-refractivity contribution < 1.29 is 14.3 Å². The summed E-state index contributed by atoms with van der Waals surface area (Å²) in [6.07, 6.45) is 0. The summed E-state index contributed by atoms with van der Waals surface area (Å²) in [4.78, 5) is 12.0. The molecule has 19 heavy (non-hydrogen) atoms. The highest BCUT2D eigenvalue weighted by atomic mass is 16.7. The molecule has 3 nitrogen and oxygen atoms in total. The fraction of sp³-hybridized carbons (Fsp3) is 0.0625. The topological polar surface area (TPSA) is 35.5 Å². The number of carbonyl (C=O) groups is 1. The predicted octanol–water partition coefficient (Wildman–Crippen LogP) is 3.12. The van der Waals surface area contributed by atoms with Gasteiger partial charge in [0.1, 0.15) is 5.75 Å². The maximum absolute atomic E-state index is 12.0. The van der Waals surface area contributed by atoms with Gasteiger partial charge in [-0.05, 0) is 18.2 Å². The first-order valence-electron chi connectivity index (χ1n) is 6.03. The SMILES string of the molecule is C=C1c2ccccc2OC12OC(=O)c1ccccc12. The summed E-state index contributed by atoms with van der Waals surface area (Å²) in [6.45, 7) is 4.06. The molecule has 0 saturated heterocycles. The third kappa shape index (κ3) is 1.14. The fourth-order valence-corrected chi connectivity index (χ4v) is 2.69. The zero-order valence-electron chi connectivity index (χ0n) is 10.1. The van der Waals surface area contributed by atoms with E-state index in [-0.39, 0.29) is 5.97 Å². The number of para-hydroxylation sites is 1. The van der Waals surface area contributed by atoms with Crippen LogP contribution in [-0.4, -0.2) is 5.97 Å². The van der Waals surface area contributed by atoms with Gasteiger partial charge in [-0.15, -0.1) is 0 Å². The highest BCUT2D eigenvalue weighted by molar-refractivity contribution is 5.98.